The Kier molecular flexibility index (Phi) is 3.97. The second-order valence-electron chi connectivity index (χ2n) is 6.20. The number of aromatic nitrogens is 1. The molecule has 24 heavy (non-hydrogen) atoms. The van der Waals surface area contributed by atoms with Crippen molar-refractivity contribution in [3.05, 3.63) is 70.9 Å². The molecule has 0 saturated carbocycles. The number of hydrogen-bond acceptors (Lipinski definition) is 2. The lowest BCUT2D eigenvalue weighted by Crippen LogP contribution is -2.14. The first-order valence-electron chi connectivity index (χ1n) is 7.89. The number of fused-ring (bicyclic) bond motifs is 1. The number of carboxylic acid groups (broad SMARTS) is 1. The molecular formula is C20H19NO3. The van der Waals surface area contributed by atoms with Crippen LogP contribution in [0.25, 0.3) is 10.9 Å². The van der Waals surface area contributed by atoms with E-state index in [1.807, 2.05) is 12.1 Å². The van der Waals surface area contributed by atoms with E-state index >= 15 is 0 Å². The predicted octanol–water partition coefficient (Wildman–Crippen LogP) is 4.46. The summed E-state index contributed by atoms with van der Waals surface area (Å²) in [7, 11) is 0. The maximum absolute atomic E-state index is 13.0. The van der Waals surface area contributed by atoms with Gasteiger partial charge in [0.2, 0.25) is 0 Å². The smallest absolute Gasteiger partial charge is 0.338 e. The van der Waals surface area contributed by atoms with Gasteiger partial charge in [-0.15, -0.1) is 0 Å². The van der Waals surface area contributed by atoms with Crippen molar-refractivity contribution in [1.29, 1.82) is 0 Å². The van der Waals surface area contributed by atoms with Gasteiger partial charge in [-0.25, -0.2) is 4.79 Å². The number of para-hydroxylation sites is 1. The Balaban J connectivity index is 2.17. The fraction of sp³-hybridized carbons (Fsp3) is 0.200. The summed E-state index contributed by atoms with van der Waals surface area (Å²) in [4.78, 5) is 24.6. The van der Waals surface area contributed by atoms with Crippen LogP contribution in [0, 0.1) is 6.92 Å². The van der Waals surface area contributed by atoms with Gasteiger partial charge in [-0.05, 0) is 36.6 Å². The van der Waals surface area contributed by atoms with E-state index in [1.54, 1.807) is 43.3 Å². The van der Waals surface area contributed by atoms with Crippen LogP contribution in [0.15, 0.2) is 48.5 Å². The zero-order valence-electron chi connectivity index (χ0n) is 13.9. The van der Waals surface area contributed by atoms with E-state index in [1.165, 1.54) is 4.57 Å². The zero-order chi connectivity index (χ0) is 17.4. The average molecular weight is 321 g/mol. The molecule has 0 atom stereocenters. The van der Waals surface area contributed by atoms with Gasteiger partial charge in [-0.2, -0.15) is 0 Å². The van der Waals surface area contributed by atoms with Gasteiger partial charge in [0.05, 0.1) is 11.1 Å². The topological polar surface area (TPSA) is 59.3 Å². The molecule has 0 spiro atoms. The van der Waals surface area contributed by atoms with Crippen LogP contribution < -0.4 is 0 Å². The van der Waals surface area contributed by atoms with Crippen molar-refractivity contribution in [3.8, 4) is 0 Å². The molecule has 0 aliphatic rings. The molecule has 3 aromatic rings. The summed E-state index contributed by atoms with van der Waals surface area (Å²) in [6, 6.07) is 14.6. The van der Waals surface area contributed by atoms with Gasteiger partial charge in [0.15, 0.2) is 0 Å². The maximum atomic E-state index is 13.0. The zero-order valence-corrected chi connectivity index (χ0v) is 13.9. The quantitative estimate of drug-likeness (QED) is 0.775. The average Bonchev–Trinajstić information content (AvgIpc) is 2.86. The molecule has 2 aromatic carbocycles. The third kappa shape index (κ3) is 2.50. The van der Waals surface area contributed by atoms with Crippen LogP contribution in [0.2, 0.25) is 0 Å². The van der Waals surface area contributed by atoms with Crippen LogP contribution in [-0.4, -0.2) is 21.6 Å². The highest BCUT2D eigenvalue weighted by Crippen LogP contribution is 2.27. The van der Waals surface area contributed by atoms with Crippen LogP contribution in [0.4, 0.5) is 0 Å². The van der Waals surface area contributed by atoms with Crippen LogP contribution in [0.1, 0.15) is 51.7 Å². The fourth-order valence-electron chi connectivity index (χ4n) is 3.04. The van der Waals surface area contributed by atoms with E-state index in [4.69, 9.17) is 0 Å². The van der Waals surface area contributed by atoms with Gasteiger partial charge in [-0.3, -0.25) is 9.36 Å². The molecule has 1 heterocycles. The highest BCUT2D eigenvalue weighted by Gasteiger charge is 2.23. The number of benzene rings is 2. The molecule has 0 aliphatic carbocycles. The fourth-order valence-corrected chi connectivity index (χ4v) is 3.04. The monoisotopic (exact) mass is 321 g/mol. The van der Waals surface area contributed by atoms with E-state index in [2.05, 4.69) is 13.8 Å². The molecule has 0 amide bonds. The second-order valence-corrected chi connectivity index (χ2v) is 6.20. The molecule has 4 heteroatoms. The summed E-state index contributed by atoms with van der Waals surface area (Å²) in [6.45, 7) is 5.86. The van der Waals surface area contributed by atoms with Crippen molar-refractivity contribution >= 4 is 22.8 Å². The SMILES string of the molecule is Cc1c(C(=O)O)c2ccccc2n1C(=O)c1ccc(C(C)C)cc1. The minimum atomic E-state index is -1.02. The Morgan fingerprint density at radius 3 is 2.21 bits per heavy atom. The minimum Gasteiger partial charge on any atom is -0.478 e. The summed E-state index contributed by atoms with van der Waals surface area (Å²) < 4.78 is 1.49. The molecule has 1 aromatic heterocycles. The largest absolute Gasteiger partial charge is 0.478 e. The number of carbonyl (C=O) groups excluding carboxylic acids is 1. The van der Waals surface area contributed by atoms with Crippen LogP contribution in [0.5, 0.6) is 0 Å². The molecule has 3 rings (SSSR count). The van der Waals surface area contributed by atoms with Gasteiger partial charge in [0.1, 0.15) is 0 Å². The lowest BCUT2D eigenvalue weighted by atomic mass is 10.0. The highest BCUT2D eigenvalue weighted by molar-refractivity contribution is 6.11. The Morgan fingerprint density at radius 2 is 1.62 bits per heavy atom. The third-order valence-corrected chi connectivity index (χ3v) is 4.35. The van der Waals surface area contributed by atoms with Crippen molar-refractivity contribution in [3.63, 3.8) is 0 Å². The maximum Gasteiger partial charge on any atom is 0.338 e. The molecular weight excluding hydrogens is 302 g/mol. The summed E-state index contributed by atoms with van der Waals surface area (Å²) >= 11 is 0. The summed E-state index contributed by atoms with van der Waals surface area (Å²) in [5.41, 5.74) is 2.94. The normalized spacial score (nSPS) is 11.2. The standard InChI is InChI=1S/C20H19NO3/c1-12(2)14-8-10-15(11-9-14)19(22)21-13(3)18(20(23)24)16-6-4-5-7-17(16)21/h4-12H,1-3H3,(H,23,24). The van der Waals surface area contributed by atoms with E-state index in [9.17, 15) is 14.7 Å². The Morgan fingerprint density at radius 1 is 1.00 bits per heavy atom. The number of carbonyl (C=O) groups is 2. The molecule has 0 radical (unpaired) electrons. The second kappa shape index (κ2) is 5.96. The number of rotatable bonds is 3. The van der Waals surface area contributed by atoms with Crippen molar-refractivity contribution in [1.82, 2.24) is 4.57 Å². The molecule has 0 fully saturated rings. The van der Waals surface area contributed by atoms with Gasteiger partial charge in [0.25, 0.3) is 5.91 Å². The number of carboxylic acids is 1. The predicted molar refractivity (Wildman–Crippen MR) is 93.9 cm³/mol. The molecule has 0 bridgehead atoms. The van der Waals surface area contributed by atoms with E-state index in [0.29, 0.717) is 28.1 Å². The van der Waals surface area contributed by atoms with Gasteiger partial charge >= 0.3 is 5.97 Å². The Labute approximate surface area is 140 Å². The molecule has 0 saturated heterocycles. The number of aromatic carboxylic acids is 1. The van der Waals surface area contributed by atoms with Crippen LogP contribution in [0.3, 0.4) is 0 Å². The third-order valence-electron chi connectivity index (χ3n) is 4.35. The van der Waals surface area contributed by atoms with Crippen molar-refractivity contribution < 1.29 is 14.7 Å². The first kappa shape index (κ1) is 16.0. The molecule has 1 N–H and O–H groups in total. The van der Waals surface area contributed by atoms with Crippen LogP contribution in [-0.2, 0) is 0 Å². The number of hydrogen-bond donors (Lipinski definition) is 1. The van der Waals surface area contributed by atoms with Gasteiger partial charge in [0, 0.05) is 16.6 Å². The van der Waals surface area contributed by atoms with E-state index in [-0.39, 0.29) is 11.5 Å². The minimum absolute atomic E-state index is 0.178. The lowest BCUT2D eigenvalue weighted by molar-refractivity contribution is 0.0698. The summed E-state index contributed by atoms with van der Waals surface area (Å²) in [5, 5.41) is 10.1. The molecule has 4 nitrogen and oxygen atoms in total. The molecule has 0 unspecified atom stereocenters. The Bertz CT molecular complexity index is 933. The molecule has 122 valence electrons. The van der Waals surface area contributed by atoms with Crippen molar-refractivity contribution in [2.24, 2.45) is 0 Å². The Hall–Kier alpha value is -2.88. The van der Waals surface area contributed by atoms with E-state index in [0.717, 1.165) is 5.56 Å². The van der Waals surface area contributed by atoms with Crippen molar-refractivity contribution in [2.75, 3.05) is 0 Å². The van der Waals surface area contributed by atoms with Gasteiger partial charge < -0.3 is 5.11 Å². The van der Waals surface area contributed by atoms with Crippen LogP contribution >= 0.6 is 0 Å². The molecule has 0 aliphatic heterocycles. The van der Waals surface area contributed by atoms with E-state index < -0.39 is 5.97 Å². The highest BCUT2D eigenvalue weighted by atomic mass is 16.4. The summed E-state index contributed by atoms with van der Waals surface area (Å²) in [6.07, 6.45) is 0. The first-order chi connectivity index (χ1) is 11.4. The van der Waals surface area contributed by atoms with Gasteiger partial charge in [-0.1, -0.05) is 44.2 Å². The summed E-state index contributed by atoms with van der Waals surface area (Å²) in [5.74, 6) is -0.848. The first-order valence-corrected chi connectivity index (χ1v) is 7.89. The lowest BCUT2D eigenvalue weighted by Gasteiger charge is -2.09. The number of nitrogens with zero attached hydrogens (tertiary/aromatic N) is 1. The van der Waals surface area contributed by atoms with Crippen molar-refractivity contribution in [2.45, 2.75) is 26.7 Å².